The van der Waals surface area contributed by atoms with Crippen LogP contribution in [0.15, 0.2) is 42.6 Å². The van der Waals surface area contributed by atoms with E-state index >= 15 is 0 Å². The van der Waals surface area contributed by atoms with E-state index in [0.717, 1.165) is 11.1 Å². The summed E-state index contributed by atoms with van der Waals surface area (Å²) in [6.45, 7) is 0.542. The highest BCUT2D eigenvalue weighted by molar-refractivity contribution is 6.01. The first kappa shape index (κ1) is 17.6. The Morgan fingerprint density at radius 2 is 1.85 bits per heavy atom. The summed E-state index contributed by atoms with van der Waals surface area (Å²) < 4.78 is 5.16. The molecule has 1 saturated heterocycles. The quantitative estimate of drug-likeness (QED) is 0.798. The summed E-state index contributed by atoms with van der Waals surface area (Å²) in [5.41, 5.74) is 2.08. The highest BCUT2D eigenvalue weighted by atomic mass is 16.5. The Bertz CT molecular complexity index is 817. The van der Waals surface area contributed by atoms with Crippen LogP contribution in [-0.4, -0.2) is 34.7 Å². The van der Waals surface area contributed by atoms with Crippen molar-refractivity contribution in [2.24, 2.45) is 0 Å². The molecule has 1 aromatic heterocycles. The maximum Gasteiger partial charge on any atom is 0.251 e. The number of methoxy groups -OCH3 is 1. The van der Waals surface area contributed by atoms with Crippen molar-refractivity contribution in [3.05, 3.63) is 59.3 Å². The molecule has 7 heteroatoms. The third kappa shape index (κ3) is 3.88. The number of nitrogens with one attached hydrogen (secondary N) is 1. The molecule has 1 fully saturated rings. The van der Waals surface area contributed by atoms with Gasteiger partial charge in [0, 0.05) is 36.7 Å². The van der Waals surface area contributed by atoms with Crippen LogP contribution in [0.1, 0.15) is 34.3 Å². The van der Waals surface area contributed by atoms with Crippen molar-refractivity contribution in [3.8, 4) is 5.88 Å². The van der Waals surface area contributed by atoms with E-state index in [9.17, 15) is 14.4 Å². The van der Waals surface area contributed by atoms with Gasteiger partial charge in [0.05, 0.1) is 13.7 Å². The van der Waals surface area contributed by atoms with Crippen LogP contribution in [-0.2, 0) is 22.7 Å². The van der Waals surface area contributed by atoms with Crippen molar-refractivity contribution < 1.29 is 19.1 Å². The van der Waals surface area contributed by atoms with Crippen LogP contribution >= 0.6 is 0 Å². The Kier molecular flexibility index (Phi) is 5.26. The summed E-state index contributed by atoms with van der Waals surface area (Å²) in [4.78, 5) is 41.0. The molecular formula is C19H19N3O4. The third-order valence-corrected chi connectivity index (χ3v) is 4.19. The number of hydrogen-bond donors (Lipinski definition) is 1. The Morgan fingerprint density at radius 1 is 1.15 bits per heavy atom. The van der Waals surface area contributed by atoms with Crippen molar-refractivity contribution in [3.63, 3.8) is 0 Å². The first-order valence-electron chi connectivity index (χ1n) is 8.26. The molecule has 26 heavy (non-hydrogen) atoms. The van der Waals surface area contributed by atoms with E-state index in [2.05, 4.69) is 10.3 Å². The number of hydrogen-bond acceptors (Lipinski definition) is 5. The highest BCUT2D eigenvalue weighted by Crippen LogP contribution is 2.17. The van der Waals surface area contributed by atoms with E-state index in [-0.39, 0.29) is 37.1 Å². The summed E-state index contributed by atoms with van der Waals surface area (Å²) in [6, 6.07) is 10.5. The average Bonchev–Trinajstić information content (AvgIpc) is 2.99. The Labute approximate surface area is 151 Å². The van der Waals surface area contributed by atoms with Gasteiger partial charge in [0.25, 0.3) is 5.91 Å². The molecule has 0 radical (unpaired) electrons. The molecule has 0 unspecified atom stereocenters. The lowest BCUT2D eigenvalue weighted by molar-refractivity contribution is -0.139. The number of carbonyl (C=O) groups excluding carboxylic acids is 3. The molecule has 1 aliphatic heterocycles. The number of imide groups is 1. The maximum atomic E-state index is 12.3. The predicted molar refractivity (Wildman–Crippen MR) is 93.2 cm³/mol. The summed E-state index contributed by atoms with van der Waals surface area (Å²) in [7, 11) is 1.53. The fraction of sp³-hybridized carbons (Fsp3) is 0.263. The number of carbonyl (C=O) groups is 3. The monoisotopic (exact) mass is 353 g/mol. The molecule has 1 N–H and O–H groups in total. The minimum absolute atomic E-state index is 0.151. The van der Waals surface area contributed by atoms with E-state index in [0.29, 0.717) is 18.0 Å². The summed E-state index contributed by atoms with van der Waals surface area (Å²) in [5.74, 6) is -0.0525. The molecule has 0 spiro atoms. The molecule has 0 bridgehead atoms. The van der Waals surface area contributed by atoms with Gasteiger partial charge in [-0.3, -0.25) is 19.3 Å². The van der Waals surface area contributed by atoms with Gasteiger partial charge in [-0.05, 0) is 23.8 Å². The molecule has 0 atom stereocenters. The summed E-state index contributed by atoms with van der Waals surface area (Å²) in [6.07, 6.45) is 2.17. The van der Waals surface area contributed by atoms with E-state index in [1.54, 1.807) is 36.5 Å². The van der Waals surface area contributed by atoms with E-state index in [1.807, 2.05) is 6.07 Å². The summed E-state index contributed by atoms with van der Waals surface area (Å²) in [5, 5.41) is 2.82. The van der Waals surface area contributed by atoms with E-state index in [1.165, 1.54) is 12.0 Å². The Morgan fingerprint density at radius 3 is 2.50 bits per heavy atom. The standard InChI is InChI=1S/C19H19N3O4/c1-26-19-15(3-2-10-20-19)11-21-18(25)14-6-4-13(5-7-14)12-22-16(23)8-9-17(22)24/h2-7,10H,8-9,11-12H2,1H3,(H,21,25). The van der Waals surface area contributed by atoms with E-state index in [4.69, 9.17) is 4.74 Å². The SMILES string of the molecule is COc1ncccc1CNC(=O)c1ccc(CN2C(=O)CCC2=O)cc1. The van der Waals surface area contributed by atoms with Gasteiger partial charge in [0.2, 0.25) is 17.7 Å². The second-order valence-electron chi connectivity index (χ2n) is 5.93. The van der Waals surface area contributed by atoms with Gasteiger partial charge in [-0.25, -0.2) is 4.98 Å². The average molecular weight is 353 g/mol. The number of ether oxygens (including phenoxy) is 1. The predicted octanol–water partition coefficient (Wildman–Crippen LogP) is 1.67. The number of amides is 3. The molecule has 0 saturated carbocycles. The molecule has 1 aliphatic rings. The van der Waals surface area contributed by atoms with Crippen molar-refractivity contribution >= 4 is 17.7 Å². The minimum Gasteiger partial charge on any atom is -0.481 e. The third-order valence-electron chi connectivity index (χ3n) is 4.19. The van der Waals surface area contributed by atoms with Crippen LogP contribution in [0.3, 0.4) is 0 Å². The van der Waals surface area contributed by atoms with Gasteiger partial charge in [0.1, 0.15) is 0 Å². The zero-order chi connectivity index (χ0) is 18.5. The lowest BCUT2D eigenvalue weighted by Gasteiger charge is -2.14. The molecule has 1 aromatic carbocycles. The number of pyridine rings is 1. The molecule has 0 aliphatic carbocycles. The minimum atomic E-state index is -0.226. The number of nitrogens with zero attached hydrogens (tertiary/aromatic N) is 2. The molecule has 134 valence electrons. The van der Waals surface area contributed by atoms with Crippen molar-refractivity contribution in [1.82, 2.24) is 15.2 Å². The lowest BCUT2D eigenvalue weighted by atomic mass is 10.1. The topological polar surface area (TPSA) is 88.6 Å². The zero-order valence-electron chi connectivity index (χ0n) is 14.4. The van der Waals surface area contributed by atoms with Crippen LogP contribution in [0, 0.1) is 0 Å². The lowest BCUT2D eigenvalue weighted by Crippen LogP contribution is -2.28. The van der Waals surface area contributed by atoms with Crippen LogP contribution in [0.4, 0.5) is 0 Å². The molecule has 3 rings (SSSR count). The van der Waals surface area contributed by atoms with Gasteiger partial charge in [-0.2, -0.15) is 0 Å². The number of likely N-dealkylation sites (tertiary alicyclic amines) is 1. The molecule has 3 amide bonds. The highest BCUT2D eigenvalue weighted by Gasteiger charge is 2.28. The normalized spacial score (nSPS) is 13.8. The Balaban J connectivity index is 1.60. The molecule has 7 nitrogen and oxygen atoms in total. The van der Waals surface area contributed by atoms with Gasteiger partial charge >= 0.3 is 0 Å². The van der Waals surface area contributed by atoms with Crippen molar-refractivity contribution in [2.45, 2.75) is 25.9 Å². The van der Waals surface area contributed by atoms with Gasteiger partial charge < -0.3 is 10.1 Å². The largest absolute Gasteiger partial charge is 0.481 e. The van der Waals surface area contributed by atoms with Crippen LogP contribution in [0.5, 0.6) is 5.88 Å². The molecule has 2 heterocycles. The first-order valence-corrected chi connectivity index (χ1v) is 8.26. The fourth-order valence-electron chi connectivity index (χ4n) is 2.76. The second-order valence-corrected chi connectivity index (χ2v) is 5.93. The smallest absolute Gasteiger partial charge is 0.251 e. The van der Waals surface area contributed by atoms with Gasteiger partial charge in [0.15, 0.2) is 0 Å². The first-order chi connectivity index (χ1) is 12.6. The fourth-order valence-corrected chi connectivity index (χ4v) is 2.76. The zero-order valence-corrected chi connectivity index (χ0v) is 14.4. The van der Waals surface area contributed by atoms with Gasteiger partial charge in [-0.15, -0.1) is 0 Å². The Hall–Kier alpha value is -3.22. The second kappa shape index (κ2) is 7.77. The van der Waals surface area contributed by atoms with Crippen LogP contribution in [0.2, 0.25) is 0 Å². The van der Waals surface area contributed by atoms with Crippen LogP contribution in [0.25, 0.3) is 0 Å². The van der Waals surface area contributed by atoms with E-state index < -0.39 is 0 Å². The van der Waals surface area contributed by atoms with Crippen LogP contribution < -0.4 is 10.1 Å². The van der Waals surface area contributed by atoms with Gasteiger partial charge in [-0.1, -0.05) is 18.2 Å². The maximum absolute atomic E-state index is 12.3. The number of benzene rings is 1. The number of rotatable bonds is 6. The molecule has 2 aromatic rings. The number of aromatic nitrogens is 1. The summed E-state index contributed by atoms with van der Waals surface area (Å²) >= 11 is 0. The van der Waals surface area contributed by atoms with Crippen molar-refractivity contribution in [1.29, 1.82) is 0 Å². The van der Waals surface area contributed by atoms with Crippen molar-refractivity contribution in [2.75, 3.05) is 7.11 Å². The molecular weight excluding hydrogens is 334 g/mol.